The topological polar surface area (TPSA) is 40.7 Å². The lowest BCUT2D eigenvalue weighted by Gasteiger charge is -1.98. The van der Waals surface area contributed by atoms with E-state index in [0.29, 0.717) is 12.2 Å². The Bertz CT molecular complexity index is 494. The maximum atomic E-state index is 13.4. The molecule has 0 bridgehead atoms. The number of H-pyrrole nitrogens is 1. The quantitative estimate of drug-likeness (QED) is 0.836. The summed E-state index contributed by atoms with van der Waals surface area (Å²) >= 11 is 0. The minimum atomic E-state index is -0.870. The zero-order valence-electron chi connectivity index (χ0n) is 8.72. The van der Waals surface area contributed by atoms with Gasteiger partial charge in [-0.2, -0.15) is 5.10 Å². The van der Waals surface area contributed by atoms with Crippen LogP contribution in [0.3, 0.4) is 0 Å². The van der Waals surface area contributed by atoms with Crippen molar-refractivity contribution in [2.75, 3.05) is 7.05 Å². The maximum Gasteiger partial charge on any atom is 0.168 e. The van der Waals surface area contributed by atoms with E-state index >= 15 is 0 Å². The number of aromatic nitrogens is 2. The van der Waals surface area contributed by atoms with Gasteiger partial charge in [0.05, 0.1) is 5.69 Å². The minimum Gasteiger partial charge on any atom is -0.314 e. The first kappa shape index (κ1) is 10.8. The van der Waals surface area contributed by atoms with E-state index in [1.165, 1.54) is 12.1 Å². The molecule has 0 spiro atoms. The van der Waals surface area contributed by atoms with Crippen molar-refractivity contribution in [3.05, 3.63) is 41.6 Å². The monoisotopic (exact) mass is 223 g/mol. The molecule has 0 fully saturated rings. The van der Waals surface area contributed by atoms with Crippen LogP contribution >= 0.6 is 0 Å². The predicted octanol–water partition coefficient (Wildman–Crippen LogP) is 2.07. The SMILES string of the molecule is CNCc1cc(-c2cccc(F)c2F)n[nH]1. The second-order valence-corrected chi connectivity index (χ2v) is 3.41. The van der Waals surface area contributed by atoms with Crippen LogP contribution in [0.15, 0.2) is 24.3 Å². The largest absolute Gasteiger partial charge is 0.314 e. The fourth-order valence-electron chi connectivity index (χ4n) is 1.48. The van der Waals surface area contributed by atoms with Crippen LogP contribution in [0.4, 0.5) is 8.78 Å². The van der Waals surface area contributed by atoms with Gasteiger partial charge in [-0.15, -0.1) is 0 Å². The van der Waals surface area contributed by atoms with Gasteiger partial charge in [0.25, 0.3) is 0 Å². The van der Waals surface area contributed by atoms with Crippen LogP contribution in [-0.4, -0.2) is 17.2 Å². The molecule has 2 aromatic rings. The lowest BCUT2D eigenvalue weighted by molar-refractivity contribution is 0.511. The number of nitrogens with zero attached hydrogens (tertiary/aromatic N) is 1. The van der Waals surface area contributed by atoms with Gasteiger partial charge < -0.3 is 5.32 Å². The summed E-state index contributed by atoms with van der Waals surface area (Å²) < 4.78 is 26.4. The van der Waals surface area contributed by atoms with Crippen molar-refractivity contribution in [3.8, 4) is 11.3 Å². The Morgan fingerprint density at radius 1 is 1.38 bits per heavy atom. The van der Waals surface area contributed by atoms with Crippen molar-refractivity contribution in [2.24, 2.45) is 0 Å². The van der Waals surface area contributed by atoms with Crippen LogP contribution in [0.25, 0.3) is 11.3 Å². The van der Waals surface area contributed by atoms with Crippen molar-refractivity contribution in [1.82, 2.24) is 15.5 Å². The standard InChI is InChI=1S/C11H11F2N3/c1-14-6-7-5-10(16-15-7)8-3-2-4-9(12)11(8)13/h2-5,14H,6H2,1H3,(H,15,16). The molecule has 0 saturated heterocycles. The Morgan fingerprint density at radius 2 is 2.19 bits per heavy atom. The molecule has 2 rings (SSSR count). The highest BCUT2D eigenvalue weighted by atomic mass is 19.2. The average Bonchev–Trinajstić information content (AvgIpc) is 2.71. The van der Waals surface area contributed by atoms with E-state index in [1.807, 2.05) is 0 Å². The molecule has 0 aliphatic heterocycles. The molecule has 0 saturated carbocycles. The molecular formula is C11H11F2N3. The summed E-state index contributed by atoms with van der Waals surface area (Å²) in [6, 6.07) is 5.73. The van der Waals surface area contributed by atoms with E-state index in [-0.39, 0.29) is 5.56 Å². The van der Waals surface area contributed by atoms with E-state index in [2.05, 4.69) is 15.5 Å². The zero-order chi connectivity index (χ0) is 11.5. The van der Waals surface area contributed by atoms with Gasteiger partial charge in [0.2, 0.25) is 0 Å². The summed E-state index contributed by atoms with van der Waals surface area (Å²) in [6.45, 7) is 0.601. The van der Waals surface area contributed by atoms with Crippen molar-refractivity contribution < 1.29 is 8.78 Å². The smallest absolute Gasteiger partial charge is 0.168 e. The van der Waals surface area contributed by atoms with Gasteiger partial charge in [-0.25, -0.2) is 8.78 Å². The van der Waals surface area contributed by atoms with Gasteiger partial charge in [0.1, 0.15) is 0 Å². The third-order valence-corrected chi connectivity index (χ3v) is 2.23. The van der Waals surface area contributed by atoms with E-state index in [1.54, 1.807) is 13.1 Å². The number of benzene rings is 1. The van der Waals surface area contributed by atoms with Crippen molar-refractivity contribution in [3.63, 3.8) is 0 Å². The number of hydrogen-bond donors (Lipinski definition) is 2. The molecule has 1 aromatic heterocycles. The number of halogens is 2. The summed E-state index contributed by atoms with van der Waals surface area (Å²) in [5, 5.41) is 9.62. The second kappa shape index (κ2) is 4.40. The summed E-state index contributed by atoms with van der Waals surface area (Å²) in [6.07, 6.45) is 0. The van der Waals surface area contributed by atoms with E-state index < -0.39 is 11.6 Å². The molecule has 5 heteroatoms. The molecule has 0 radical (unpaired) electrons. The first-order chi connectivity index (χ1) is 7.72. The Balaban J connectivity index is 2.39. The Hall–Kier alpha value is -1.75. The summed E-state index contributed by atoms with van der Waals surface area (Å²) in [5.74, 6) is -1.74. The molecular weight excluding hydrogens is 212 g/mol. The predicted molar refractivity (Wildman–Crippen MR) is 56.7 cm³/mol. The van der Waals surface area contributed by atoms with Crippen molar-refractivity contribution >= 4 is 0 Å². The van der Waals surface area contributed by atoms with Crippen LogP contribution in [0.1, 0.15) is 5.69 Å². The summed E-state index contributed by atoms with van der Waals surface area (Å²) in [4.78, 5) is 0. The van der Waals surface area contributed by atoms with Gasteiger partial charge in [-0.3, -0.25) is 5.10 Å². The van der Waals surface area contributed by atoms with Crippen LogP contribution < -0.4 is 5.32 Å². The number of aromatic amines is 1. The van der Waals surface area contributed by atoms with Crippen LogP contribution in [0, 0.1) is 11.6 Å². The highest BCUT2D eigenvalue weighted by molar-refractivity contribution is 5.60. The zero-order valence-corrected chi connectivity index (χ0v) is 8.72. The van der Waals surface area contributed by atoms with Gasteiger partial charge in [-0.05, 0) is 25.2 Å². The maximum absolute atomic E-state index is 13.4. The van der Waals surface area contributed by atoms with Crippen molar-refractivity contribution in [2.45, 2.75) is 6.54 Å². The highest BCUT2D eigenvalue weighted by Gasteiger charge is 2.12. The molecule has 1 aromatic carbocycles. The fraction of sp³-hybridized carbons (Fsp3) is 0.182. The number of nitrogens with one attached hydrogen (secondary N) is 2. The molecule has 0 amide bonds. The summed E-state index contributed by atoms with van der Waals surface area (Å²) in [7, 11) is 1.79. The third kappa shape index (κ3) is 1.94. The first-order valence-electron chi connectivity index (χ1n) is 4.85. The van der Waals surface area contributed by atoms with Crippen LogP contribution in [0.2, 0.25) is 0 Å². The Labute approximate surface area is 91.5 Å². The van der Waals surface area contributed by atoms with Gasteiger partial charge in [0.15, 0.2) is 11.6 Å². The van der Waals surface area contributed by atoms with E-state index in [9.17, 15) is 8.78 Å². The first-order valence-corrected chi connectivity index (χ1v) is 4.85. The van der Waals surface area contributed by atoms with Gasteiger partial charge >= 0.3 is 0 Å². The minimum absolute atomic E-state index is 0.165. The molecule has 2 N–H and O–H groups in total. The molecule has 0 atom stereocenters. The lowest BCUT2D eigenvalue weighted by atomic mass is 10.1. The number of hydrogen-bond acceptors (Lipinski definition) is 2. The Kier molecular flexibility index (Phi) is 2.96. The molecule has 16 heavy (non-hydrogen) atoms. The van der Waals surface area contributed by atoms with Gasteiger partial charge in [0, 0.05) is 17.8 Å². The number of rotatable bonds is 3. The molecule has 0 aliphatic carbocycles. The van der Waals surface area contributed by atoms with Gasteiger partial charge in [-0.1, -0.05) is 6.07 Å². The molecule has 84 valence electrons. The molecule has 0 unspecified atom stereocenters. The lowest BCUT2D eigenvalue weighted by Crippen LogP contribution is -2.04. The fourth-order valence-corrected chi connectivity index (χ4v) is 1.48. The molecule has 3 nitrogen and oxygen atoms in total. The Morgan fingerprint density at radius 3 is 2.94 bits per heavy atom. The third-order valence-electron chi connectivity index (χ3n) is 2.23. The van der Waals surface area contributed by atoms with Crippen molar-refractivity contribution in [1.29, 1.82) is 0 Å². The molecule has 1 heterocycles. The van der Waals surface area contributed by atoms with E-state index in [4.69, 9.17) is 0 Å². The second-order valence-electron chi connectivity index (χ2n) is 3.41. The average molecular weight is 223 g/mol. The normalized spacial score (nSPS) is 10.7. The molecule has 0 aliphatic rings. The van der Waals surface area contributed by atoms with E-state index in [0.717, 1.165) is 11.8 Å². The summed E-state index contributed by atoms with van der Waals surface area (Å²) in [5.41, 5.74) is 1.39. The van der Waals surface area contributed by atoms with Crippen LogP contribution in [-0.2, 0) is 6.54 Å². The highest BCUT2D eigenvalue weighted by Crippen LogP contribution is 2.22. The van der Waals surface area contributed by atoms with Crippen LogP contribution in [0.5, 0.6) is 0 Å².